The highest BCUT2D eigenvalue weighted by Gasteiger charge is 2.27. The lowest BCUT2D eigenvalue weighted by Crippen LogP contribution is -2.48. The van der Waals surface area contributed by atoms with Crippen molar-refractivity contribution in [3.05, 3.63) is 28.2 Å². The summed E-state index contributed by atoms with van der Waals surface area (Å²) in [6.45, 7) is 6.66. The van der Waals surface area contributed by atoms with Gasteiger partial charge in [-0.3, -0.25) is 4.79 Å². The third-order valence-electron chi connectivity index (χ3n) is 2.90. The van der Waals surface area contributed by atoms with E-state index in [1.165, 1.54) is 0 Å². The minimum Gasteiger partial charge on any atom is -0.372 e. The number of nitrogens with zero attached hydrogens (tertiary/aromatic N) is 1. The monoisotopic (exact) mass is 297 g/mol. The van der Waals surface area contributed by atoms with Gasteiger partial charge in [-0.15, -0.1) is 0 Å². The van der Waals surface area contributed by atoms with Gasteiger partial charge in [0, 0.05) is 28.8 Å². The van der Waals surface area contributed by atoms with Crippen molar-refractivity contribution >= 4 is 27.9 Å². The Labute approximate surface area is 110 Å². The Morgan fingerprint density at radius 2 is 2.24 bits per heavy atom. The van der Waals surface area contributed by atoms with Gasteiger partial charge in [-0.1, -0.05) is 0 Å². The van der Waals surface area contributed by atoms with E-state index in [0.717, 1.165) is 36.1 Å². The van der Waals surface area contributed by atoms with Crippen molar-refractivity contribution in [2.24, 2.45) is 0 Å². The first-order chi connectivity index (χ1) is 8.02. The van der Waals surface area contributed by atoms with E-state index >= 15 is 0 Å². The quantitative estimate of drug-likeness (QED) is 0.786. The summed E-state index contributed by atoms with van der Waals surface area (Å²) in [6.07, 6.45) is 0.858. The molecule has 92 valence electrons. The lowest BCUT2D eigenvalue weighted by Gasteiger charge is -2.39. The Morgan fingerprint density at radius 3 is 2.82 bits per heavy atom. The van der Waals surface area contributed by atoms with Gasteiger partial charge >= 0.3 is 0 Å². The molecule has 0 bridgehead atoms. The first-order valence-electron chi connectivity index (χ1n) is 5.65. The molecule has 1 aliphatic heterocycles. The van der Waals surface area contributed by atoms with Gasteiger partial charge in [-0.05, 0) is 48.0 Å². The Morgan fingerprint density at radius 1 is 1.47 bits per heavy atom. The van der Waals surface area contributed by atoms with Gasteiger partial charge < -0.3 is 9.64 Å². The zero-order valence-electron chi connectivity index (χ0n) is 10.1. The van der Waals surface area contributed by atoms with E-state index in [4.69, 9.17) is 4.74 Å². The molecule has 0 saturated carbocycles. The van der Waals surface area contributed by atoms with Gasteiger partial charge in [0.25, 0.3) is 0 Å². The van der Waals surface area contributed by atoms with Gasteiger partial charge in [0.1, 0.15) is 0 Å². The summed E-state index contributed by atoms with van der Waals surface area (Å²) >= 11 is 3.41. The second-order valence-electron chi connectivity index (χ2n) is 4.85. The summed E-state index contributed by atoms with van der Waals surface area (Å²) in [5.41, 5.74) is 1.69. The van der Waals surface area contributed by atoms with Crippen molar-refractivity contribution in [2.45, 2.75) is 19.4 Å². The molecular formula is C13H16BrNO2. The Hall–Kier alpha value is -0.870. The number of anilines is 1. The lowest BCUT2D eigenvalue weighted by atomic mass is 10.1. The molecule has 0 aromatic heterocycles. The molecule has 1 aliphatic rings. The van der Waals surface area contributed by atoms with E-state index in [1.54, 1.807) is 0 Å². The van der Waals surface area contributed by atoms with Crippen LogP contribution in [0.3, 0.4) is 0 Å². The molecule has 1 fully saturated rings. The molecule has 0 atom stereocenters. The van der Waals surface area contributed by atoms with E-state index in [-0.39, 0.29) is 5.60 Å². The Kier molecular flexibility index (Phi) is 3.54. The summed E-state index contributed by atoms with van der Waals surface area (Å²) < 4.78 is 6.52. The molecule has 0 N–H and O–H groups in total. The molecule has 1 aromatic rings. The van der Waals surface area contributed by atoms with E-state index in [1.807, 2.05) is 18.2 Å². The number of hydrogen-bond donors (Lipinski definition) is 0. The minimum absolute atomic E-state index is 0.117. The van der Waals surface area contributed by atoms with Crippen LogP contribution >= 0.6 is 15.9 Å². The van der Waals surface area contributed by atoms with Crippen molar-refractivity contribution in [3.8, 4) is 0 Å². The molecule has 0 unspecified atom stereocenters. The Bertz CT molecular complexity index is 431. The number of benzene rings is 1. The van der Waals surface area contributed by atoms with Gasteiger partial charge in [0.2, 0.25) is 0 Å². The molecule has 1 aromatic carbocycles. The minimum atomic E-state index is -0.117. The molecular weight excluding hydrogens is 282 g/mol. The smallest absolute Gasteiger partial charge is 0.151 e. The average Bonchev–Trinajstić information content (AvgIpc) is 2.27. The first-order valence-corrected chi connectivity index (χ1v) is 6.45. The molecule has 4 heteroatoms. The Balaban J connectivity index is 2.22. The fourth-order valence-corrected chi connectivity index (χ4v) is 2.51. The van der Waals surface area contributed by atoms with Crippen LogP contribution in [0.15, 0.2) is 22.7 Å². The number of aldehydes is 1. The third kappa shape index (κ3) is 2.87. The number of halogens is 1. The highest BCUT2D eigenvalue weighted by Crippen LogP contribution is 2.27. The molecule has 0 radical (unpaired) electrons. The predicted octanol–water partition coefficient (Wildman–Crippen LogP) is 2.88. The maximum atomic E-state index is 10.8. The lowest BCUT2D eigenvalue weighted by molar-refractivity contribution is -0.0276. The van der Waals surface area contributed by atoms with Crippen molar-refractivity contribution in [1.82, 2.24) is 0 Å². The van der Waals surface area contributed by atoms with Crippen LogP contribution in [0.2, 0.25) is 0 Å². The number of rotatable bonds is 2. The summed E-state index contributed by atoms with van der Waals surface area (Å²) in [5.74, 6) is 0. The standard InChI is InChI=1S/C13H16BrNO2/c1-13(2)9-15(5-6-17-13)11-4-3-10(8-16)12(14)7-11/h3-4,7-8H,5-6,9H2,1-2H3. The van der Waals surface area contributed by atoms with Crippen LogP contribution in [0.1, 0.15) is 24.2 Å². The van der Waals surface area contributed by atoms with Crippen LogP contribution in [0.4, 0.5) is 5.69 Å². The highest BCUT2D eigenvalue weighted by molar-refractivity contribution is 9.10. The number of hydrogen-bond acceptors (Lipinski definition) is 3. The molecule has 0 spiro atoms. The predicted molar refractivity (Wildman–Crippen MR) is 71.8 cm³/mol. The van der Waals surface area contributed by atoms with E-state index in [0.29, 0.717) is 5.56 Å². The normalized spacial score (nSPS) is 19.1. The van der Waals surface area contributed by atoms with E-state index < -0.39 is 0 Å². The van der Waals surface area contributed by atoms with Crippen LogP contribution in [0.25, 0.3) is 0 Å². The first kappa shape index (κ1) is 12.6. The second-order valence-corrected chi connectivity index (χ2v) is 5.71. The molecule has 17 heavy (non-hydrogen) atoms. The molecule has 2 rings (SSSR count). The maximum Gasteiger partial charge on any atom is 0.151 e. The van der Waals surface area contributed by atoms with Crippen LogP contribution in [0.5, 0.6) is 0 Å². The van der Waals surface area contributed by atoms with Crippen molar-refractivity contribution in [2.75, 3.05) is 24.6 Å². The SMILES string of the molecule is CC1(C)CN(c2ccc(C=O)c(Br)c2)CCO1. The number of carbonyl (C=O) groups is 1. The van der Waals surface area contributed by atoms with Crippen LogP contribution in [0, 0.1) is 0 Å². The molecule has 3 nitrogen and oxygen atoms in total. The zero-order valence-corrected chi connectivity index (χ0v) is 11.7. The van der Waals surface area contributed by atoms with Gasteiger partial charge in [-0.25, -0.2) is 0 Å². The molecule has 1 saturated heterocycles. The highest BCUT2D eigenvalue weighted by atomic mass is 79.9. The average molecular weight is 298 g/mol. The van der Waals surface area contributed by atoms with Gasteiger partial charge in [0.15, 0.2) is 6.29 Å². The van der Waals surface area contributed by atoms with Crippen LogP contribution < -0.4 is 4.90 Å². The van der Waals surface area contributed by atoms with Crippen molar-refractivity contribution in [3.63, 3.8) is 0 Å². The number of carbonyl (C=O) groups excluding carboxylic acids is 1. The van der Waals surface area contributed by atoms with Crippen LogP contribution in [-0.4, -0.2) is 31.6 Å². The molecule has 0 aliphatic carbocycles. The zero-order chi connectivity index (χ0) is 12.5. The van der Waals surface area contributed by atoms with E-state index in [2.05, 4.69) is 34.7 Å². The fraction of sp³-hybridized carbons (Fsp3) is 0.462. The van der Waals surface area contributed by atoms with Crippen molar-refractivity contribution < 1.29 is 9.53 Å². The fourth-order valence-electron chi connectivity index (χ4n) is 2.05. The largest absolute Gasteiger partial charge is 0.372 e. The van der Waals surface area contributed by atoms with Crippen LogP contribution in [-0.2, 0) is 4.74 Å². The number of ether oxygens (including phenoxy) is 1. The molecule has 1 heterocycles. The second kappa shape index (κ2) is 4.78. The number of morpholine rings is 1. The third-order valence-corrected chi connectivity index (χ3v) is 3.59. The van der Waals surface area contributed by atoms with Crippen molar-refractivity contribution in [1.29, 1.82) is 0 Å². The van der Waals surface area contributed by atoms with Gasteiger partial charge in [0.05, 0.1) is 12.2 Å². The topological polar surface area (TPSA) is 29.5 Å². The molecule has 0 amide bonds. The summed E-state index contributed by atoms with van der Waals surface area (Å²) in [6, 6.07) is 5.82. The van der Waals surface area contributed by atoms with E-state index in [9.17, 15) is 4.79 Å². The summed E-state index contributed by atoms with van der Waals surface area (Å²) in [5, 5.41) is 0. The summed E-state index contributed by atoms with van der Waals surface area (Å²) in [7, 11) is 0. The summed E-state index contributed by atoms with van der Waals surface area (Å²) in [4.78, 5) is 13.0. The van der Waals surface area contributed by atoms with Gasteiger partial charge in [-0.2, -0.15) is 0 Å². The maximum absolute atomic E-state index is 10.8.